The largest absolute Gasteiger partial charge is 0.458 e. The van der Waals surface area contributed by atoms with Gasteiger partial charge in [-0.3, -0.25) is 14.4 Å². The number of likely N-dealkylation sites (N-methyl/N-ethyl adjacent to an activating group) is 2. The number of cyclic esters (lactones) is 1. The van der Waals surface area contributed by atoms with Gasteiger partial charge in [-0.2, -0.15) is 0 Å². The van der Waals surface area contributed by atoms with Crippen LogP contribution in [0.4, 0.5) is 4.79 Å². The van der Waals surface area contributed by atoms with E-state index in [0.717, 1.165) is 0 Å². The van der Waals surface area contributed by atoms with Gasteiger partial charge in [-0.05, 0) is 73.5 Å². The van der Waals surface area contributed by atoms with Gasteiger partial charge in [0, 0.05) is 45.8 Å². The molecule has 0 aromatic rings. The van der Waals surface area contributed by atoms with Gasteiger partial charge in [-0.1, -0.05) is 20.8 Å². The first-order valence-electron chi connectivity index (χ1n) is 17.9. The van der Waals surface area contributed by atoms with Crippen LogP contribution >= 0.6 is 0 Å². The van der Waals surface area contributed by atoms with E-state index in [2.05, 4.69) is 22.9 Å². The van der Waals surface area contributed by atoms with Gasteiger partial charge in [0.15, 0.2) is 17.7 Å². The number of carbonyl (C=O) groups excluding carboxylic acids is 4. The normalized spacial score (nSPS) is 40.6. The van der Waals surface area contributed by atoms with Crippen LogP contribution < -0.4 is 16.0 Å². The van der Waals surface area contributed by atoms with Crippen LogP contribution in [0.25, 0.3) is 0 Å². The minimum Gasteiger partial charge on any atom is -0.458 e. The van der Waals surface area contributed by atoms with Crippen LogP contribution in [-0.4, -0.2) is 154 Å². The number of nitrogens with zero attached hydrogens (tertiary/aromatic N) is 2. The lowest BCUT2D eigenvalue weighted by atomic mass is 9.78. The highest BCUT2D eigenvalue weighted by Crippen LogP contribution is 2.37. The molecule has 0 aliphatic carbocycles. The van der Waals surface area contributed by atoms with Crippen molar-refractivity contribution in [3.05, 3.63) is 0 Å². The Kier molecular flexibility index (Phi) is 14.6. The van der Waals surface area contributed by atoms with Gasteiger partial charge in [-0.25, -0.2) is 4.79 Å². The quantitative estimate of drug-likeness (QED) is 0.196. The van der Waals surface area contributed by atoms with Crippen molar-refractivity contribution in [2.75, 3.05) is 54.9 Å². The number of rotatable bonds is 9. The topological polar surface area (TPSA) is 177 Å². The summed E-state index contributed by atoms with van der Waals surface area (Å²) in [6.45, 7) is 13.6. The number of alkyl carbamates (subject to hydrolysis) is 1. The lowest BCUT2D eigenvalue weighted by Gasteiger charge is -2.47. The Morgan fingerprint density at radius 3 is 2.34 bits per heavy atom. The number of aliphatic hydroxyl groups is 1. The number of Topliss-reactive ketones (excluding diaryl/α,β-unsaturated/α-hetero) is 1. The molecule has 3 aliphatic rings. The molecular weight excluding hydrogens is 650 g/mol. The minimum atomic E-state index is -1.19. The number of carbonyl (C=O) groups is 4. The van der Waals surface area contributed by atoms with Crippen LogP contribution in [0, 0.1) is 17.8 Å². The van der Waals surface area contributed by atoms with Gasteiger partial charge in [0.25, 0.3) is 0 Å². The van der Waals surface area contributed by atoms with Crippen LogP contribution in [0.1, 0.15) is 67.7 Å². The summed E-state index contributed by atoms with van der Waals surface area (Å²) in [6.07, 6.45) is -3.74. The fourth-order valence-electron chi connectivity index (χ4n) is 7.65. The van der Waals surface area contributed by atoms with Gasteiger partial charge < -0.3 is 54.5 Å². The smallest absolute Gasteiger partial charge is 0.408 e. The zero-order valence-corrected chi connectivity index (χ0v) is 32.1. The molecule has 3 saturated heterocycles. The lowest BCUT2D eigenvalue weighted by Crippen LogP contribution is -2.60. The van der Waals surface area contributed by atoms with Crippen molar-refractivity contribution in [1.82, 2.24) is 25.8 Å². The third kappa shape index (κ3) is 9.52. The van der Waals surface area contributed by atoms with E-state index in [-0.39, 0.29) is 30.5 Å². The van der Waals surface area contributed by atoms with E-state index in [1.54, 1.807) is 35.1 Å². The number of nitrogens with one attached hydrogen (secondary N) is 3. The van der Waals surface area contributed by atoms with Crippen molar-refractivity contribution >= 4 is 23.8 Å². The monoisotopic (exact) mass is 713 g/mol. The maximum atomic E-state index is 14.2. The second-order valence-corrected chi connectivity index (χ2v) is 15.3. The molecule has 3 rings (SSSR count). The highest BCUT2D eigenvalue weighted by molar-refractivity contribution is 6.00. The highest BCUT2D eigenvalue weighted by Gasteiger charge is 2.55. The first-order valence-corrected chi connectivity index (χ1v) is 17.9. The summed E-state index contributed by atoms with van der Waals surface area (Å²) in [4.78, 5) is 56.0. The Labute approximate surface area is 297 Å². The number of aliphatic hydroxyl groups excluding tert-OH is 1. The summed E-state index contributed by atoms with van der Waals surface area (Å²) in [7, 11) is 8.66. The third-order valence-corrected chi connectivity index (χ3v) is 10.9. The molecule has 3 fully saturated rings. The van der Waals surface area contributed by atoms with E-state index >= 15 is 0 Å². The number of esters is 1. The molecule has 288 valence electrons. The van der Waals surface area contributed by atoms with E-state index in [4.69, 9.17) is 23.7 Å². The predicted octanol–water partition coefficient (Wildman–Crippen LogP) is 0.909. The molecule has 0 saturated carbocycles. The Hall–Kier alpha value is -2.40. The van der Waals surface area contributed by atoms with Gasteiger partial charge in [0.1, 0.15) is 18.1 Å². The number of fused-ring (bicyclic) bond motifs is 1. The van der Waals surface area contributed by atoms with Crippen LogP contribution in [0.5, 0.6) is 0 Å². The maximum absolute atomic E-state index is 14.2. The molecule has 15 nitrogen and oxygen atoms in total. The van der Waals surface area contributed by atoms with Gasteiger partial charge in [-0.15, -0.1) is 0 Å². The zero-order valence-electron chi connectivity index (χ0n) is 32.1. The van der Waals surface area contributed by atoms with Gasteiger partial charge in [0.2, 0.25) is 5.91 Å². The molecule has 50 heavy (non-hydrogen) atoms. The molecule has 0 bridgehead atoms. The number of ketones is 1. The Morgan fingerprint density at radius 1 is 1.10 bits per heavy atom. The molecule has 2 amide bonds. The molecule has 5 unspecified atom stereocenters. The predicted molar refractivity (Wildman–Crippen MR) is 185 cm³/mol. The van der Waals surface area contributed by atoms with Crippen molar-refractivity contribution in [1.29, 1.82) is 0 Å². The van der Waals surface area contributed by atoms with Crippen molar-refractivity contribution in [3.8, 4) is 0 Å². The molecule has 4 N–H and O–H groups in total. The third-order valence-electron chi connectivity index (χ3n) is 10.9. The molecule has 13 atom stereocenters. The Bertz CT molecular complexity index is 1190. The van der Waals surface area contributed by atoms with E-state index in [9.17, 15) is 24.3 Å². The fraction of sp³-hybridized carbons (Fsp3) is 0.886. The molecule has 0 radical (unpaired) electrons. The molecule has 15 heteroatoms. The average Bonchev–Trinajstić information content (AvgIpc) is 3.38. The molecule has 0 aromatic heterocycles. The van der Waals surface area contributed by atoms with Crippen molar-refractivity contribution in [2.24, 2.45) is 17.8 Å². The first-order chi connectivity index (χ1) is 23.3. The van der Waals surface area contributed by atoms with Crippen LogP contribution in [0.2, 0.25) is 0 Å². The highest BCUT2D eigenvalue weighted by atomic mass is 16.7. The van der Waals surface area contributed by atoms with Gasteiger partial charge in [0.05, 0.1) is 30.4 Å². The standard InChI is InChI=1S/C35H63N5O10/c1-13-25-35(7)29(38-33(45)50-35)22(5)37-16-19(2)15-34(6,46-12)30(20(3)27(42)21(4)31(44)48-25)49-32-28(43)24(39(8)9)14-23(47-32)17-36-18-26(41)40(10)11/h19-25,28-30,32,36-37,43H,13-18H2,1-12H3,(H,38,45)/t19-,20+,21?,22-,23?,24?,25-,28?,29-,30-,32?,34-,35-/m1/s1. The van der Waals surface area contributed by atoms with Crippen LogP contribution in [0.15, 0.2) is 0 Å². The second kappa shape index (κ2) is 17.4. The summed E-state index contributed by atoms with van der Waals surface area (Å²) in [5.74, 6) is -3.34. The van der Waals surface area contributed by atoms with Gasteiger partial charge >= 0.3 is 12.1 Å². The lowest BCUT2D eigenvalue weighted by molar-refractivity contribution is -0.297. The summed E-state index contributed by atoms with van der Waals surface area (Å²) >= 11 is 0. The van der Waals surface area contributed by atoms with Crippen LogP contribution in [0.3, 0.4) is 0 Å². The molecule has 3 heterocycles. The molecular formula is C35H63N5O10. The molecule has 0 spiro atoms. The summed E-state index contributed by atoms with van der Waals surface area (Å²) in [5, 5.41) is 21.1. The number of hydrogen-bond acceptors (Lipinski definition) is 13. The Morgan fingerprint density at radius 2 is 1.76 bits per heavy atom. The minimum absolute atomic E-state index is 0.0135. The number of hydrogen-bond donors (Lipinski definition) is 4. The first kappa shape index (κ1) is 42.0. The van der Waals surface area contributed by atoms with E-state index in [0.29, 0.717) is 32.4 Å². The average molecular weight is 714 g/mol. The number of amides is 2. The summed E-state index contributed by atoms with van der Waals surface area (Å²) in [5.41, 5.74) is -2.25. The number of ether oxygens (including phenoxy) is 5. The van der Waals surface area contributed by atoms with Crippen molar-refractivity contribution in [3.63, 3.8) is 0 Å². The SMILES string of the molecule is CC[C@H]1OC(=O)C(C)C(=O)[C@H](C)[C@@H](OC2OC(CNCC(=O)N(C)C)CC(N(C)C)C2O)[C@](C)(OC)C[C@@H](C)CN[C@H](C)[C@H]2NC(=O)O[C@@]21C. The van der Waals surface area contributed by atoms with E-state index < -0.39 is 77.6 Å². The summed E-state index contributed by atoms with van der Waals surface area (Å²) in [6, 6.07) is -1.13. The van der Waals surface area contributed by atoms with Crippen LogP contribution in [-0.2, 0) is 38.1 Å². The van der Waals surface area contributed by atoms with E-state index in [1.807, 2.05) is 39.8 Å². The molecule has 3 aliphatic heterocycles. The zero-order chi connectivity index (χ0) is 37.7. The maximum Gasteiger partial charge on any atom is 0.408 e. The fourth-order valence-corrected chi connectivity index (χ4v) is 7.65. The number of methoxy groups -OCH3 is 1. The van der Waals surface area contributed by atoms with E-state index in [1.165, 1.54) is 11.8 Å². The van der Waals surface area contributed by atoms with Crippen molar-refractivity contribution in [2.45, 2.75) is 128 Å². The van der Waals surface area contributed by atoms with Crippen molar-refractivity contribution < 1.29 is 48.0 Å². The Balaban J connectivity index is 1.98. The second-order valence-electron chi connectivity index (χ2n) is 15.3. The summed E-state index contributed by atoms with van der Waals surface area (Å²) < 4.78 is 30.9. The molecule has 0 aromatic carbocycles.